The third kappa shape index (κ3) is 3.17. The summed E-state index contributed by atoms with van der Waals surface area (Å²) in [5, 5.41) is 4.48. The van der Waals surface area contributed by atoms with Gasteiger partial charge in [0, 0.05) is 0 Å². The highest BCUT2D eigenvalue weighted by atomic mass is 32.2. The smallest absolute Gasteiger partial charge is 0.266 e. The number of fused-ring (bicyclic) bond motifs is 1. The van der Waals surface area contributed by atoms with Crippen LogP contribution in [0.4, 0.5) is 5.82 Å². The average molecular weight is 402 g/mol. The van der Waals surface area contributed by atoms with Crippen LogP contribution in [0.15, 0.2) is 39.8 Å². The Labute approximate surface area is 163 Å². The maximum atomic E-state index is 13.1. The third-order valence-electron chi connectivity index (χ3n) is 5.00. The van der Waals surface area contributed by atoms with Crippen LogP contribution < -0.4 is 14.2 Å². The van der Waals surface area contributed by atoms with Crippen molar-refractivity contribution in [3.8, 4) is 11.5 Å². The lowest BCUT2D eigenvalue weighted by Gasteiger charge is -2.13. The largest absolute Gasteiger partial charge is 0.496 e. The number of sulfonamides is 1. The van der Waals surface area contributed by atoms with Gasteiger partial charge in [-0.2, -0.15) is 0 Å². The van der Waals surface area contributed by atoms with E-state index in [1.54, 1.807) is 25.3 Å². The molecule has 3 aromatic rings. The fourth-order valence-corrected chi connectivity index (χ4v) is 4.59. The Balaban J connectivity index is 1.81. The second-order valence-electron chi connectivity index (χ2n) is 6.81. The summed E-state index contributed by atoms with van der Waals surface area (Å²) in [6.07, 6.45) is 2.89. The zero-order valence-electron chi connectivity index (χ0n) is 16.0. The Morgan fingerprint density at radius 2 is 1.96 bits per heavy atom. The lowest BCUT2D eigenvalue weighted by Crippen LogP contribution is -2.15. The van der Waals surface area contributed by atoms with Crippen molar-refractivity contribution in [2.45, 2.75) is 37.0 Å². The van der Waals surface area contributed by atoms with E-state index >= 15 is 0 Å². The lowest BCUT2D eigenvalue weighted by molar-refractivity contribution is 0.402. The third-order valence-corrected chi connectivity index (χ3v) is 6.36. The first-order valence-corrected chi connectivity index (χ1v) is 10.6. The summed E-state index contributed by atoms with van der Waals surface area (Å²) in [7, 11) is -0.936. The van der Waals surface area contributed by atoms with Crippen LogP contribution in [0.1, 0.15) is 36.8 Å². The molecule has 1 aliphatic carbocycles. The van der Waals surface area contributed by atoms with Crippen molar-refractivity contribution in [1.29, 1.82) is 0 Å². The maximum absolute atomic E-state index is 13.1. The number of benzene rings is 2. The molecule has 8 heteroatoms. The molecule has 0 spiro atoms. The molecular formula is C20H22N2O5S. The molecule has 1 heterocycles. The molecule has 7 nitrogen and oxygen atoms in total. The van der Waals surface area contributed by atoms with Crippen LogP contribution in [0.3, 0.4) is 0 Å². The molecule has 2 aromatic carbocycles. The zero-order valence-corrected chi connectivity index (χ0v) is 16.8. The van der Waals surface area contributed by atoms with Crippen molar-refractivity contribution in [2.75, 3.05) is 18.9 Å². The topological polar surface area (TPSA) is 90.7 Å². The number of aromatic nitrogens is 1. The highest BCUT2D eigenvalue weighted by Crippen LogP contribution is 2.48. The number of aryl methyl sites for hydroxylation is 1. The number of rotatable bonds is 7. The molecule has 0 unspecified atom stereocenters. The minimum atomic E-state index is -3.95. The van der Waals surface area contributed by atoms with Gasteiger partial charge in [-0.05, 0) is 54.5 Å². The van der Waals surface area contributed by atoms with Crippen LogP contribution in [0, 0.1) is 0 Å². The molecule has 4 rings (SSSR count). The van der Waals surface area contributed by atoms with Crippen LogP contribution in [0.2, 0.25) is 0 Å². The van der Waals surface area contributed by atoms with Gasteiger partial charge in [0.1, 0.15) is 21.8 Å². The van der Waals surface area contributed by atoms with E-state index < -0.39 is 10.0 Å². The first-order valence-electron chi connectivity index (χ1n) is 9.14. The molecule has 0 radical (unpaired) electrons. The normalized spacial score (nSPS) is 14.2. The van der Waals surface area contributed by atoms with Gasteiger partial charge in [-0.25, -0.2) is 8.42 Å². The second-order valence-corrected chi connectivity index (χ2v) is 8.46. The first kappa shape index (κ1) is 18.6. The molecule has 1 aliphatic rings. The quantitative estimate of drug-likeness (QED) is 0.640. The van der Waals surface area contributed by atoms with Crippen molar-refractivity contribution in [3.05, 3.63) is 41.5 Å². The molecule has 148 valence electrons. The van der Waals surface area contributed by atoms with Crippen LogP contribution >= 0.6 is 0 Å². The van der Waals surface area contributed by atoms with Gasteiger partial charge >= 0.3 is 0 Å². The zero-order chi connectivity index (χ0) is 19.9. The van der Waals surface area contributed by atoms with Gasteiger partial charge in [-0.1, -0.05) is 24.2 Å². The van der Waals surface area contributed by atoms with E-state index in [9.17, 15) is 8.42 Å². The van der Waals surface area contributed by atoms with E-state index in [-0.39, 0.29) is 16.5 Å². The summed E-state index contributed by atoms with van der Waals surface area (Å²) >= 11 is 0. The SMILES string of the molecule is CCc1ccc(OC)c(S(=O)(=O)Nc2noc3ccc(C4CC4)c(OC)c23)c1. The van der Waals surface area contributed by atoms with E-state index in [0.717, 1.165) is 24.0 Å². The van der Waals surface area contributed by atoms with Gasteiger partial charge in [0.25, 0.3) is 10.0 Å². The lowest BCUT2D eigenvalue weighted by atomic mass is 10.1. The molecule has 0 atom stereocenters. The summed E-state index contributed by atoms with van der Waals surface area (Å²) in [4.78, 5) is 0.0582. The minimum Gasteiger partial charge on any atom is -0.496 e. The highest BCUT2D eigenvalue weighted by Gasteiger charge is 2.30. The number of hydrogen-bond acceptors (Lipinski definition) is 6. The Morgan fingerprint density at radius 1 is 1.18 bits per heavy atom. The molecule has 1 aromatic heterocycles. The van der Waals surface area contributed by atoms with Crippen molar-refractivity contribution in [2.24, 2.45) is 0 Å². The Kier molecular flexibility index (Phi) is 4.66. The number of hydrogen-bond donors (Lipinski definition) is 1. The molecule has 28 heavy (non-hydrogen) atoms. The van der Waals surface area contributed by atoms with Gasteiger partial charge in [0.2, 0.25) is 0 Å². The summed E-state index contributed by atoms with van der Waals surface area (Å²) in [6, 6.07) is 8.86. The van der Waals surface area contributed by atoms with Crippen molar-refractivity contribution < 1.29 is 22.4 Å². The highest BCUT2D eigenvalue weighted by molar-refractivity contribution is 7.92. The molecule has 0 bridgehead atoms. The number of ether oxygens (including phenoxy) is 2. The Hall–Kier alpha value is -2.74. The predicted molar refractivity (Wildman–Crippen MR) is 106 cm³/mol. The number of nitrogens with one attached hydrogen (secondary N) is 1. The van der Waals surface area contributed by atoms with E-state index in [1.807, 2.05) is 19.1 Å². The predicted octanol–water partition coefficient (Wildman–Crippen LogP) is 4.09. The fourth-order valence-electron chi connectivity index (χ4n) is 3.36. The van der Waals surface area contributed by atoms with E-state index in [4.69, 9.17) is 14.0 Å². The Morgan fingerprint density at radius 3 is 2.61 bits per heavy atom. The van der Waals surface area contributed by atoms with Gasteiger partial charge in [-0.3, -0.25) is 4.72 Å². The van der Waals surface area contributed by atoms with Crippen LogP contribution in [-0.2, 0) is 16.4 Å². The van der Waals surface area contributed by atoms with Crippen molar-refractivity contribution in [1.82, 2.24) is 5.16 Å². The summed E-state index contributed by atoms with van der Waals surface area (Å²) in [6.45, 7) is 1.96. The number of anilines is 1. The first-order chi connectivity index (χ1) is 13.5. The van der Waals surface area contributed by atoms with Gasteiger partial charge in [0.05, 0.1) is 14.2 Å². The van der Waals surface area contributed by atoms with Crippen molar-refractivity contribution >= 4 is 26.8 Å². The molecule has 1 N–H and O–H groups in total. The molecule has 1 saturated carbocycles. The number of methoxy groups -OCH3 is 2. The van der Waals surface area contributed by atoms with Crippen LogP contribution in [0.5, 0.6) is 11.5 Å². The van der Waals surface area contributed by atoms with E-state index in [2.05, 4.69) is 9.88 Å². The van der Waals surface area contributed by atoms with Gasteiger partial charge in [-0.15, -0.1) is 0 Å². The fraction of sp³-hybridized carbons (Fsp3) is 0.350. The molecule has 0 saturated heterocycles. The molecule has 0 aliphatic heterocycles. The molecule has 1 fully saturated rings. The van der Waals surface area contributed by atoms with Crippen LogP contribution in [-0.4, -0.2) is 27.8 Å². The van der Waals surface area contributed by atoms with E-state index in [0.29, 0.717) is 29.1 Å². The summed E-state index contributed by atoms with van der Waals surface area (Å²) in [5.41, 5.74) is 2.40. The standard InChI is InChI=1S/C20H22N2O5S/c1-4-12-5-9-15(25-2)17(11-12)28(23,24)22-20-18-16(27-21-20)10-8-14(13-6-7-13)19(18)26-3/h5,8-11,13H,4,6-7H2,1-3H3,(H,21,22). The van der Waals surface area contributed by atoms with Gasteiger partial charge in [0.15, 0.2) is 11.4 Å². The van der Waals surface area contributed by atoms with Gasteiger partial charge < -0.3 is 14.0 Å². The van der Waals surface area contributed by atoms with Crippen molar-refractivity contribution in [3.63, 3.8) is 0 Å². The summed E-state index contributed by atoms with van der Waals surface area (Å²) < 4.78 is 45.0. The number of nitrogens with zero attached hydrogens (tertiary/aromatic N) is 1. The molecular weight excluding hydrogens is 380 g/mol. The maximum Gasteiger partial charge on any atom is 0.266 e. The second kappa shape index (κ2) is 7.01. The average Bonchev–Trinajstić information content (AvgIpc) is 3.48. The van der Waals surface area contributed by atoms with E-state index in [1.165, 1.54) is 7.11 Å². The summed E-state index contributed by atoms with van der Waals surface area (Å²) in [5.74, 6) is 1.41. The Bertz CT molecular complexity index is 1130. The minimum absolute atomic E-state index is 0.0582. The van der Waals surface area contributed by atoms with Crippen LogP contribution in [0.25, 0.3) is 11.0 Å². The monoisotopic (exact) mass is 402 g/mol. The molecule has 0 amide bonds.